The maximum Gasteiger partial charge on any atom is 0.324 e. The Morgan fingerprint density at radius 3 is 2.57 bits per heavy atom. The fourth-order valence-electron chi connectivity index (χ4n) is 1.21. The van der Waals surface area contributed by atoms with Gasteiger partial charge in [0.2, 0.25) is 0 Å². The summed E-state index contributed by atoms with van der Waals surface area (Å²) < 4.78 is 4.50. The number of carbonyl (C=O) groups excluding carboxylic acids is 1. The minimum Gasteiger partial charge on any atom is -0.480 e. The van der Waals surface area contributed by atoms with Crippen LogP contribution in [-0.4, -0.2) is 61.4 Å². The number of thiol groups is 1. The van der Waals surface area contributed by atoms with Gasteiger partial charge in [0.15, 0.2) is 11.5 Å². The summed E-state index contributed by atoms with van der Waals surface area (Å²) in [7, 11) is 0. The van der Waals surface area contributed by atoms with E-state index in [4.69, 9.17) is 22.3 Å². The SMILES string of the molecule is N[C@@H](COC(=O)[C@@H](N)CS)C(=O)O.Nc1ncnc2nc[nH]c12. The van der Waals surface area contributed by atoms with Crippen molar-refractivity contribution in [1.29, 1.82) is 0 Å². The summed E-state index contributed by atoms with van der Waals surface area (Å²) in [6.45, 7) is -0.379. The summed E-state index contributed by atoms with van der Waals surface area (Å²) >= 11 is 3.77. The molecular weight excluding hydrogens is 326 g/mol. The third kappa shape index (κ3) is 5.69. The Bertz CT molecular complexity index is 665. The number of fused-ring (bicyclic) bond motifs is 1. The standard InChI is InChI=1S/C6H12N2O4S.C5H5N5/c7-3(5(9)10)1-12-6(11)4(8)2-13;6-4-3-5(9-1-7-3)10-2-8-4/h3-4,13H,1-2,7-8H2,(H,9,10);1-2H,(H3,6,7,8,9,10)/t3-,4-;/m0./s1. The lowest BCUT2D eigenvalue weighted by Gasteiger charge is -2.10. The smallest absolute Gasteiger partial charge is 0.324 e. The molecule has 126 valence electrons. The van der Waals surface area contributed by atoms with Gasteiger partial charge < -0.3 is 32.0 Å². The van der Waals surface area contributed by atoms with Gasteiger partial charge in [-0.25, -0.2) is 15.0 Å². The second kappa shape index (κ2) is 8.87. The summed E-state index contributed by atoms with van der Waals surface area (Å²) in [5.41, 5.74) is 17.1. The number of anilines is 1. The number of aromatic nitrogens is 4. The van der Waals surface area contributed by atoms with Crippen LogP contribution in [0.4, 0.5) is 5.82 Å². The summed E-state index contributed by atoms with van der Waals surface area (Å²) in [5.74, 6) is -1.36. The molecule has 2 aromatic heterocycles. The molecular formula is C11H17N7O4S. The highest BCUT2D eigenvalue weighted by atomic mass is 32.1. The van der Waals surface area contributed by atoms with Gasteiger partial charge in [-0.3, -0.25) is 9.59 Å². The summed E-state index contributed by atoms with van der Waals surface area (Å²) in [4.78, 5) is 35.4. The fraction of sp³-hybridized carbons (Fsp3) is 0.364. The molecule has 0 aliphatic rings. The molecule has 0 fully saturated rings. The molecule has 0 aliphatic carbocycles. The number of carboxylic acid groups (broad SMARTS) is 1. The Hall–Kier alpha value is -2.44. The first-order valence-corrected chi connectivity index (χ1v) is 6.91. The molecule has 12 heteroatoms. The molecule has 2 rings (SSSR count). The number of aromatic amines is 1. The van der Waals surface area contributed by atoms with E-state index in [0.717, 1.165) is 0 Å². The maximum absolute atomic E-state index is 10.9. The number of nitrogen functional groups attached to an aromatic ring is 1. The summed E-state index contributed by atoms with van der Waals surface area (Å²) in [6, 6.07) is -2.06. The number of hydrogen-bond donors (Lipinski definition) is 6. The average molecular weight is 343 g/mol. The third-order valence-electron chi connectivity index (χ3n) is 2.47. The molecule has 0 saturated carbocycles. The first-order chi connectivity index (χ1) is 10.9. The van der Waals surface area contributed by atoms with Crippen molar-refractivity contribution < 1.29 is 19.4 Å². The topological polar surface area (TPSA) is 196 Å². The van der Waals surface area contributed by atoms with E-state index in [0.29, 0.717) is 17.0 Å². The number of rotatable bonds is 5. The molecule has 0 aromatic carbocycles. The molecule has 2 atom stereocenters. The number of ether oxygens (including phenoxy) is 1. The number of carboxylic acids is 1. The molecule has 0 saturated heterocycles. The lowest BCUT2D eigenvalue weighted by atomic mass is 10.3. The van der Waals surface area contributed by atoms with Crippen molar-refractivity contribution in [2.45, 2.75) is 12.1 Å². The van der Waals surface area contributed by atoms with Crippen LogP contribution in [0.5, 0.6) is 0 Å². The van der Waals surface area contributed by atoms with E-state index >= 15 is 0 Å². The van der Waals surface area contributed by atoms with Crippen LogP contribution in [0.3, 0.4) is 0 Å². The Morgan fingerprint density at radius 1 is 1.30 bits per heavy atom. The van der Waals surface area contributed by atoms with E-state index < -0.39 is 24.0 Å². The Balaban J connectivity index is 0.000000235. The van der Waals surface area contributed by atoms with Crippen LogP contribution in [0.15, 0.2) is 12.7 Å². The minimum atomic E-state index is -1.23. The number of esters is 1. The number of carbonyl (C=O) groups is 2. The number of aliphatic carboxylic acids is 1. The van der Waals surface area contributed by atoms with Crippen LogP contribution < -0.4 is 17.2 Å². The van der Waals surface area contributed by atoms with Crippen molar-refractivity contribution in [3.8, 4) is 0 Å². The van der Waals surface area contributed by atoms with Gasteiger partial charge in [0.1, 0.15) is 30.5 Å². The van der Waals surface area contributed by atoms with Gasteiger partial charge in [-0.1, -0.05) is 0 Å². The maximum atomic E-state index is 10.9. The van der Waals surface area contributed by atoms with Gasteiger partial charge in [-0.2, -0.15) is 12.6 Å². The Labute approximate surface area is 136 Å². The summed E-state index contributed by atoms with van der Waals surface area (Å²) in [5, 5.41) is 8.33. The van der Waals surface area contributed by atoms with Gasteiger partial charge in [-0.15, -0.1) is 0 Å². The zero-order valence-corrected chi connectivity index (χ0v) is 12.8. The van der Waals surface area contributed by atoms with Crippen molar-refractivity contribution in [1.82, 2.24) is 19.9 Å². The van der Waals surface area contributed by atoms with Gasteiger partial charge in [0.25, 0.3) is 0 Å². The van der Waals surface area contributed by atoms with E-state index in [9.17, 15) is 9.59 Å². The van der Waals surface area contributed by atoms with Crippen LogP contribution in [-0.2, 0) is 14.3 Å². The van der Waals surface area contributed by atoms with E-state index in [1.54, 1.807) is 0 Å². The highest BCUT2D eigenvalue weighted by Gasteiger charge is 2.17. The Morgan fingerprint density at radius 2 is 2.00 bits per heavy atom. The van der Waals surface area contributed by atoms with Gasteiger partial charge in [0, 0.05) is 5.75 Å². The number of H-pyrrole nitrogens is 1. The highest BCUT2D eigenvalue weighted by molar-refractivity contribution is 7.80. The molecule has 2 heterocycles. The lowest BCUT2D eigenvalue weighted by molar-refractivity contribution is -0.148. The molecule has 0 radical (unpaired) electrons. The number of hydrogen-bond acceptors (Lipinski definition) is 10. The van der Waals surface area contributed by atoms with Crippen molar-refractivity contribution in [3.05, 3.63) is 12.7 Å². The zero-order chi connectivity index (χ0) is 17.4. The minimum absolute atomic E-state index is 0.140. The quantitative estimate of drug-likeness (QED) is 0.264. The van der Waals surface area contributed by atoms with Crippen LogP contribution >= 0.6 is 12.6 Å². The monoisotopic (exact) mass is 343 g/mol. The molecule has 0 unspecified atom stereocenters. The lowest BCUT2D eigenvalue weighted by Crippen LogP contribution is -2.40. The molecule has 23 heavy (non-hydrogen) atoms. The van der Waals surface area contributed by atoms with Crippen LogP contribution in [0.2, 0.25) is 0 Å². The molecule has 0 bridgehead atoms. The molecule has 11 nitrogen and oxygen atoms in total. The predicted octanol–water partition coefficient (Wildman–Crippen LogP) is -1.87. The van der Waals surface area contributed by atoms with Crippen LogP contribution in [0.25, 0.3) is 11.2 Å². The van der Waals surface area contributed by atoms with E-state index in [1.165, 1.54) is 12.7 Å². The molecule has 8 N–H and O–H groups in total. The normalized spacial score (nSPS) is 12.8. The number of nitrogens with two attached hydrogens (primary N) is 3. The molecule has 0 aliphatic heterocycles. The van der Waals surface area contributed by atoms with Crippen molar-refractivity contribution >= 4 is 41.5 Å². The van der Waals surface area contributed by atoms with Gasteiger partial charge in [-0.05, 0) is 0 Å². The number of nitrogens with zero attached hydrogens (tertiary/aromatic N) is 3. The van der Waals surface area contributed by atoms with Gasteiger partial charge in [0.05, 0.1) is 6.33 Å². The van der Waals surface area contributed by atoms with Crippen molar-refractivity contribution in [2.75, 3.05) is 18.1 Å². The largest absolute Gasteiger partial charge is 0.480 e. The van der Waals surface area contributed by atoms with Crippen LogP contribution in [0, 0.1) is 0 Å². The first kappa shape index (κ1) is 18.6. The number of nitrogens with one attached hydrogen (secondary N) is 1. The number of imidazole rings is 1. The van der Waals surface area contributed by atoms with Crippen LogP contribution in [0.1, 0.15) is 0 Å². The fourth-order valence-corrected chi connectivity index (χ4v) is 1.36. The van der Waals surface area contributed by atoms with E-state index in [-0.39, 0.29) is 12.4 Å². The molecule has 2 aromatic rings. The van der Waals surface area contributed by atoms with E-state index in [1.807, 2.05) is 0 Å². The first-order valence-electron chi connectivity index (χ1n) is 6.27. The second-order valence-electron chi connectivity index (χ2n) is 4.22. The molecule has 0 amide bonds. The Kier molecular flexibility index (Phi) is 7.18. The summed E-state index contributed by atoms with van der Waals surface area (Å²) in [6.07, 6.45) is 2.92. The highest BCUT2D eigenvalue weighted by Crippen LogP contribution is 2.09. The predicted molar refractivity (Wildman–Crippen MR) is 84.5 cm³/mol. The van der Waals surface area contributed by atoms with E-state index in [2.05, 4.69) is 37.3 Å². The van der Waals surface area contributed by atoms with Crippen molar-refractivity contribution in [2.24, 2.45) is 11.5 Å². The second-order valence-corrected chi connectivity index (χ2v) is 4.59. The molecule has 0 spiro atoms. The zero-order valence-electron chi connectivity index (χ0n) is 11.9. The van der Waals surface area contributed by atoms with Gasteiger partial charge >= 0.3 is 11.9 Å². The average Bonchev–Trinajstić information content (AvgIpc) is 3.02. The third-order valence-corrected chi connectivity index (χ3v) is 2.87. The van der Waals surface area contributed by atoms with Crippen molar-refractivity contribution in [3.63, 3.8) is 0 Å².